The number of hydrogen-bond acceptors (Lipinski definition) is 3. The summed E-state index contributed by atoms with van der Waals surface area (Å²) < 4.78 is 11.6. The molecule has 3 heteroatoms. The Morgan fingerprint density at radius 3 is 2.67 bits per heavy atom. The Morgan fingerprint density at radius 1 is 0.952 bits per heavy atom. The summed E-state index contributed by atoms with van der Waals surface area (Å²) in [7, 11) is 0. The zero-order chi connectivity index (χ0) is 14.3. The molecular weight excluding hydrogens is 262 g/mol. The summed E-state index contributed by atoms with van der Waals surface area (Å²) in [5.41, 5.74) is 2.58. The van der Waals surface area contributed by atoms with Crippen molar-refractivity contribution in [2.45, 2.75) is 18.9 Å². The van der Waals surface area contributed by atoms with E-state index < -0.39 is 0 Å². The molecule has 0 aromatic heterocycles. The number of hydrogen-bond donors (Lipinski definition) is 1. The van der Waals surface area contributed by atoms with Crippen LogP contribution in [0.3, 0.4) is 0 Å². The van der Waals surface area contributed by atoms with Gasteiger partial charge in [-0.3, -0.25) is 0 Å². The molecule has 1 unspecified atom stereocenters. The lowest BCUT2D eigenvalue weighted by Crippen LogP contribution is -2.31. The fourth-order valence-electron chi connectivity index (χ4n) is 2.55. The Kier molecular flexibility index (Phi) is 4.74. The van der Waals surface area contributed by atoms with Gasteiger partial charge in [-0.2, -0.15) is 0 Å². The molecular formula is C18H21NO2. The van der Waals surface area contributed by atoms with Crippen LogP contribution < -0.4 is 10.1 Å². The lowest BCUT2D eigenvalue weighted by atomic mass is 10.0. The summed E-state index contributed by atoms with van der Waals surface area (Å²) >= 11 is 0. The number of ether oxygens (including phenoxy) is 2. The molecule has 3 nitrogen and oxygen atoms in total. The smallest absolute Gasteiger partial charge is 0.119 e. The highest BCUT2D eigenvalue weighted by molar-refractivity contribution is 5.53. The van der Waals surface area contributed by atoms with Crippen LogP contribution >= 0.6 is 0 Å². The molecule has 0 aliphatic carbocycles. The Balaban J connectivity index is 1.35. The van der Waals surface area contributed by atoms with Crippen molar-refractivity contribution >= 4 is 5.69 Å². The third-order valence-electron chi connectivity index (χ3n) is 3.64. The number of anilines is 1. The number of nitrogens with one attached hydrogen (secondary N) is 1. The molecule has 3 rings (SSSR count). The molecule has 0 amide bonds. The van der Waals surface area contributed by atoms with Gasteiger partial charge in [-0.05, 0) is 23.8 Å². The van der Waals surface area contributed by atoms with Crippen molar-refractivity contribution in [2.24, 2.45) is 0 Å². The lowest BCUT2D eigenvalue weighted by molar-refractivity contribution is 0.0523. The van der Waals surface area contributed by atoms with Crippen LogP contribution in [0.2, 0.25) is 0 Å². The molecule has 0 bridgehead atoms. The molecule has 2 aromatic carbocycles. The van der Waals surface area contributed by atoms with Gasteiger partial charge in [0.15, 0.2) is 0 Å². The van der Waals surface area contributed by atoms with Gasteiger partial charge in [-0.25, -0.2) is 0 Å². The van der Waals surface area contributed by atoms with Gasteiger partial charge in [-0.15, -0.1) is 0 Å². The van der Waals surface area contributed by atoms with Gasteiger partial charge >= 0.3 is 0 Å². The number of para-hydroxylation sites is 2. The predicted molar refractivity (Wildman–Crippen MR) is 84.9 cm³/mol. The van der Waals surface area contributed by atoms with Crippen molar-refractivity contribution in [2.75, 3.05) is 25.1 Å². The normalized spacial score (nSPS) is 16.9. The Morgan fingerprint density at radius 2 is 1.76 bits per heavy atom. The van der Waals surface area contributed by atoms with Crippen LogP contribution in [0.5, 0.6) is 5.75 Å². The Bertz CT molecular complexity index is 556. The van der Waals surface area contributed by atoms with E-state index in [0.29, 0.717) is 6.61 Å². The molecule has 1 heterocycles. The number of rotatable bonds is 6. The average molecular weight is 283 g/mol. The molecule has 2 aromatic rings. The van der Waals surface area contributed by atoms with Gasteiger partial charge in [0.2, 0.25) is 0 Å². The molecule has 0 saturated carbocycles. The molecule has 110 valence electrons. The quantitative estimate of drug-likeness (QED) is 0.823. The molecule has 0 saturated heterocycles. The molecule has 0 radical (unpaired) electrons. The van der Waals surface area contributed by atoms with Crippen molar-refractivity contribution in [3.63, 3.8) is 0 Å². The Hall–Kier alpha value is -2.00. The predicted octanol–water partition coefficient (Wildman–Crippen LogP) is 3.51. The van der Waals surface area contributed by atoms with Gasteiger partial charge in [0.1, 0.15) is 5.75 Å². The minimum absolute atomic E-state index is 0.261. The maximum absolute atomic E-state index is 5.94. The summed E-state index contributed by atoms with van der Waals surface area (Å²) in [5.74, 6) is 0.922. The second kappa shape index (κ2) is 7.14. The first kappa shape index (κ1) is 14.0. The van der Waals surface area contributed by atoms with E-state index in [0.717, 1.165) is 31.7 Å². The highest BCUT2D eigenvalue weighted by Crippen LogP contribution is 2.22. The van der Waals surface area contributed by atoms with E-state index in [1.165, 1.54) is 11.3 Å². The lowest BCUT2D eigenvalue weighted by Gasteiger charge is -2.26. The fourth-order valence-corrected chi connectivity index (χ4v) is 2.55. The van der Waals surface area contributed by atoms with Crippen LogP contribution in [-0.2, 0) is 11.2 Å². The second-order valence-corrected chi connectivity index (χ2v) is 5.25. The van der Waals surface area contributed by atoms with E-state index in [1.54, 1.807) is 0 Å². The average Bonchev–Trinajstić information content (AvgIpc) is 2.55. The Labute approximate surface area is 125 Å². The molecule has 1 aliphatic rings. The first-order valence-corrected chi connectivity index (χ1v) is 7.53. The maximum atomic E-state index is 5.94. The summed E-state index contributed by atoms with van der Waals surface area (Å²) in [5, 5.41) is 3.42. The number of benzene rings is 2. The van der Waals surface area contributed by atoms with E-state index in [2.05, 4.69) is 29.6 Å². The van der Waals surface area contributed by atoms with Gasteiger partial charge in [0, 0.05) is 25.1 Å². The first-order chi connectivity index (χ1) is 10.4. The maximum Gasteiger partial charge on any atom is 0.119 e. The van der Waals surface area contributed by atoms with Crippen molar-refractivity contribution in [1.29, 1.82) is 0 Å². The summed E-state index contributed by atoms with van der Waals surface area (Å²) in [6, 6.07) is 18.3. The summed E-state index contributed by atoms with van der Waals surface area (Å²) in [6.45, 7) is 2.32. The van der Waals surface area contributed by atoms with Gasteiger partial charge < -0.3 is 14.8 Å². The van der Waals surface area contributed by atoms with Crippen LogP contribution in [-0.4, -0.2) is 25.9 Å². The van der Waals surface area contributed by atoms with Crippen molar-refractivity contribution < 1.29 is 9.47 Å². The molecule has 0 spiro atoms. The first-order valence-electron chi connectivity index (χ1n) is 7.53. The fraction of sp³-hybridized carbons (Fsp3) is 0.333. The SMILES string of the molecule is c1ccc(OCCCOC2CNc3ccccc3C2)cc1. The minimum atomic E-state index is 0.261. The van der Waals surface area contributed by atoms with E-state index >= 15 is 0 Å². The van der Waals surface area contributed by atoms with Gasteiger partial charge in [0.25, 0.3) is 0 Å². The van der Waals surface area contributed by atoms with Crippen LogP contribution in [0.25, 0.3) is 0 Å². The zero-order valence-corrected chi connectivity index (χ0v) is 12.1. The van der Waals surface area contributed by atoms with Crippen molar-refractivity contribution in [3.8, 4) is 5.75 Å². The van der Waals surface area contributed by atoms with E-state index in [9.17, 15) is 0 Å². The highest BCUT2D eigenvalue weighted by atomic mass is 16.5. The van der Waals surface area contributed by atoms with E-state index in [1.807, 2.05) is 30.3 Å². The van der Waals surface area contributed by atoms with Gasteiger partial charge in [0.05, 0.1) is 19.3 Å². The summed E-state index contributed by atoms with van der Waals surface area (Å²) in [6.07, 6.45) is 2.16. The van der Waals surface area contributed by atoms with Crippen molar-refractivity contribution in [3.05, 3.63) is 60.2 Å². The van der Waals surface area contributed by atoms with Crippen LogP contribution in [0.4, 0.5) is 5.69 Å². The van der Waals surface area contributed by atoms with Crippen LogP contribution in [0.15, 0.2) is 54.6 Å². The number of fused-ring (bicyclic) bond motifs is 1. The molecule has 21 heavy (non-hydrogen) atoms. The monoisotopic (exact) mass is 283 g/mol. The topological polar surface area (TPSA) is 30.5 Å². The zero-order valence-electron chi connectivity index (χ0n) is 12.1. The van der Waals surface area contributed by atoms with E-state index in [-0.39, 0.29) is 6.10 Å². The third-order valence-corrected chi connectivity index (χ3v) is 3.64. The molecule has 1 N–H and O–H groups in total. The molecule has 0 fully saturated rings. The molecule has 1 aliphatic heterocycles. The largest absolute Gasteiger partial charge is 0.494 e. The van der Waals surface area contributed by atoms with E-state index in [4.69, 9.17) is 9.47 Å². The van der Waals surface area contributed by atoms with Crippen LogP contribution in [0.1, 0.15) is 12.0 Å². The second-order valence-electron chi connectivity index (χ2n) is 5.25. The minimum Gasteiger partial charge on any atom is -0.494 e. The summed E-state index contributed by atoms with van der Waals surface area (Å²) in [4.78, 5) is 0. The van der Waals surface area contributed by atoms with Crippen molar-refractivity contribution in [1.82, 2.24) is 0 Å². The third kappa shape index (κ3) is 3.99. The molecule has 1 atom stereocenters. The highest BCUT2D eigenvalue weighted by Gasteiger charge is 2.17. The standard InChI is InChI=1S/C18H21NO2/c1-2-8-16(9-3-1)20-11-6-12-21-17-13-15-7-4-5-10-18(15)19-14-17/h1-5,7-10,17,19H,6,11-14H2. The van der Waals surface area contributed by atoms with Gasteiger partial charge in [-0.1, -0.05) is 36.4 Å². The van der Waals surface area contributed by atoms with Crippen LogP contribution in [0, 0.1) is 0 Å².